The van der Waals surface area contributed by atoms with Gasteiger partial charge in [-0.1, -0.05) is 11.6 Å². The number of hydrogen-bond donors (Lipinski definition) is 0. The van der Waals surface area contributed by atoms with E-state index in [0.29, 0.717) is 18.4 Å². The van der Waals surface area contributed by atoms with Gasteiger partial charge in [0.25, 0.3) is 0 Å². The van der Waals surface area contributed by atoms with Gasteiger partial charge < -0.3 is 14.4 Å². The van der Waals surface area contributed by atoms with Crippen LogP contribution in [0.5, 0.6) is 5.75 Å². The zero-order valence-corrected chi connectivity index (χ0v) is 16.0. The molecule has 0 bridgehead atoms. The highest BCUT2D eigenvalue weighted by Gasteiger charge is 2.28. The van der Waals surface area contributed by atoms with Gasteiger partial charge in [0, 0.05) is 41.7 Å². The second-order valence-corrected chi connectivity index (χ2v) is 7.69. The largest absolute Gasteiger partial charge is 0.467 e. The molecule has 6 heteroatoms. The molecule has 25 heavy (non-hydrogen) atoms. The van der Waals surface area contributed by atoms with Crippen LogP contribution in [0.3, 0.4) is 0 Å². The third kappa shape index (κ3) is 4.27. The summed E-state index contributed by atoms with van der Waals surface area (Å²) in [6.07, 6.45) is 1.81. The Bertz CT molecular complexity index is 627. The van der Waals surface area contributed by atoms with E-state index in [2.05, 4.69) is 18.7 Å². The summed E-state index contributed by atoms with van der Waals surface area (Å²) in [6.45, 7) is 7.57. The van der Waals surface area contributed by atoms with E-state index in [1.807, 2.05) is 24.1 Å². The Morgan fingerprint density at radius 1 is 1.36 bits per heavy atom. The number of nitrogens with zero attached hydrogens (tertiary/aromatic N) is 2. The first kappa shape index (κ1) is 18.5. The van der Waals surface area contributed by atoms with E-state index in [-0.39, 0.29) is 17.9 Å². The normalized spacial score (nSPS) is 18.8. The molecule has 0 radical (unpaired) electrons. The maximum Gasteiger partial charge on any atom is 0.225 e. The Morgan fingerprint density at radius 3 is 2.76 bits per heavy atom. The summed E-state index contributed by atoms with van der Waals surface area (Å²) in [6, 6.07) is 4.14. The van der Waals surface area contributed by atoms with Crippen LogP contribution in [-0.4, -0.2) is 48.7 Å². The van der Waals surface area contributed by atoms with E-state index >= 15 is 0 Å². The molecule has 2 aliphatic heterocycles. The number of hydrogen-bond acceptors (Lipinski definition) is 4. The Balaban J connectivity index is 1.61. The van der Waals surface area contributed by atoms with Crippen LogP contribution in [0.4, 0.5) is 0 Å². The van der Waals surface area contributed by atoms with Crippen molar-refractivity contribution in [3.05, 3.63) is 28.3 Å². The molecule has 0 atom stereocenters. The maximum absolute atomic E-state index is 12.5. The van der Waals surface area contributed by atoms with E-state index in [4.69, 9.17) is 21.1 Å². The number of piperidine rings is 1. The van der Waals surface area contributed by atoms with Crippen LogP contribution in [0.1, 0.15) is 37.8 Å². The molecule has 0 aliphatic carbocycles. The van der Waals surface area contributed by atoms with Crippen molar-refractivity contribution in [2.24, 2.45) is 5.92 Å². The van der Waals surface area contributed by atoms with Crippen LogP contribution in [0.2, 0.25) is 5.02 Å². The van der Waals surface area contributed by atoms with Crippen molar-refractivity contribution in [3.63, 3.8) is 0 Å². The number of rotatable bonds is 4. The van der Waals surface area contributed by atoms with Crippen molar-refractivity contribution in [2.75, 3.05) is 26.9 Å². The molecule has 138 valence electrons. The van der Waals surface area contributed by atoms with E-state index < -0.39 is 0 Å². The molecule has 1 fully saturated rings. The zero-order valence-electron chi connectivity index (χ0n) is 15.3. The van der Waals surface area contributed by atoms with Crippen LogP contribution in [0, 0.1) is 5.92 Å². The molecular weight excluding hydrogens is 340 g/mol. The first-order valence-corrected chi connectivity index (χ1v) is 9.34. The highest BCUT2D eigenvalue weighted by molar-refractivity contribution is 6.30. The number of likely N-dealkylation sites (tertiary alicyclic amines) is 1. The number of ether oxygens (including phenoxy) is 2. The molecule has 2 aliphatic rings. The Hall–Kier alpha value is -1.30. The van der Waals surface area contributed by atoms with Gasteiger partial charge in [-0.15, -0.1) is 0 Å². The molecule has 0 spiro atoms. The molecule has 0 unspecified atom stereocenters. The van der Waals surface area contributed by atoms with E-state index in [1.165, 1.54) is 0 Å². The topological polar surface area (TPSA) is 42.0 Å². The number of benzene rings is 1. The average Bonchev–Trinajstić information content (AvgIpc) is 2.61. The van der Waals surface area contributed by atoms with E-state index in [9.17, 15) is 4.79 Å². The van der Waals surface area contributed by atoms with Gasteiger partial charge in [0.1, 0.15) is 5.75 Å². The third-order valence-electron chi connectivity index (χ3n) is 5.20. The van der Waals surface area contributed by atoms with Crippen LogP contribution >= 0.6 is 11.6 Å². The summed E-state index contributed by atoms with van der Waals surface area (Å²) >= 11 is 6.25. The van der Waals surface area contributed by atoms with Crippen LogP contribution in [-0.2, 0) is 22.7 Å². The monoisotopic (exact) mass is 366 g/mol. The molecule has 1 saturated heterocycles. The van der Waals surface area contributed by atoms with Crippen molar-refractivity contribution in [3.8, 4) is 5.75 Å². The fourth-order valence-corrected chi connectivity index (χ4v) is 3.76. The summed E-state index contributed by atoms with van der Waals surface area (Å²) < 4.78 is 11.0. The van der Waals surface area contributed by atoms with Crippen LogP contribution in [0.15, 0.2) is 12.1 Å². The highest BCUT2D eigenvalue weighted by Crippen LogP contribution is 2.33. The van der Waals surface area contributed by atoms with Crippen molar-refractivity contribution in [1.29, 1.82) is 0 Å². The molecule has 1 amide bonds. The molecular formula is C19H27ClN2O3. The van der Waals surface area contributed by atoms with E-state index in [0.717, 1.165) is 49.4 Å². The minimum atomic E-state index is 0.140. The maximum atomic E-state index is 12.5. The number of amides is 1. The average molecular weight is 367 g/mol. The highest BCUT2D eigenvalue weighted by atomic mass is 35.5. The molecule has 0 N–H and O–H groups in total. The van der Waals surface area contributed by atoms with E-state index in [1.54, 1.807) is 0 Å². The number of carbonyl (C=O) groups is 1. The van der Waals surface area contributed by atoms with Crippen molar-refractivity contribution < 1.29 is 14.3 Å². The smallest absolute Gasteiger partial charge is 0.225 e. The second kappa shape index (κ2) is 7.94. The van der Waals surface area contributed by atoms with Gasteiger partial charge in [-0.25, -0.2) is 0 Å². The van der Waals surface area contributed by atoms with Crippen LogP contribution in [0.25, 0.3) is 0 Å². The predicted molar refractivity (Wildman–Crippen MR) is 97.6 cm³/mol. The van der Waals surface area contributed by atoms with Gasteiger partial charge in [0.2, 0.25) is 5.91 Å². The molecule has 3 rings (SSSR count). The number of carbonyl (C=O) groups excluding carboxylic acids is 1. The van der Waals surface area contributed by atoms with Crippen molar-refractivity contribution in [1.82, 2.24) is 9.80 Å². The van der Waals surface area contributed by atoms with Crippen LogP contribution < -0.4 is 4.74 Å². The lowest BCUT2D eigenvalue weighted by molar-refractivity contribution is -0.137. The van der Waals surface area contributed by atoms with Gasteiger partial charge in [-0.3, -0.25) is 9.69 Å². The van der Waals surface area contributed by atoms with Gasteiger partial charge in [0.15, 0.2) is 6.79 Å². The number of halogens is 1. The minimum absolute atomic E-state index is 0.140. The minimum Gasteiger partial charge on any atom is -0.467 e. The molecule has 1 aromatic carbocycles. The number of fused-ring (bicyclic) bond motifs is 1. The van der Waals surface area contributed by atoms with Gasteiger partial charge in [0.05, 0.1) is 6.61 Å². The Morgan fingerprint density at radius 2 is 2.08 bits per heavy atom. The zero-order chi connectivity index (χ0) is 18.0. The summed E-state index contributed by atoms with van der Waals surface area (Å²) in [4.78, 5) is 16.7. The molecule has 5 nitrogen and oxygen atoms in total. The van der Waals surface area contributed by atoms with Crippen molar-refractivity contribution >= 4 is 17.5 Å². The first-order chi connectivity index (χ1) is 12.0. The third-order valence-corrected chi connectivity index (χ3v) is 5.42. The van der Waals surface area contributed by atoms with Crippen molar-refractivity contribution in [2.45, 2.75) is 45.9 Å². The Labute approximate surface area is 154 Å². The standard InChI is InChI=1S/C19H27ClN2O3/c1-13(2)21(3)19(23)14-4-6-22(7-5-14)10-15-8-17(20)9-16-11-24-12-25-18(15)16/h8-9,13-14H,4-7,10-12H2,1-3H3. The lowest BCUT2D eigenvalue weighted by atomic mass is 9.94. The summed E-state index contributed by atoms with van der Waals surface area (Å²) in [7, 11) is 1.90. The summed E-state index contributed by atoms with van der Waals surface area (Å²) in [5.41, 5.74) is 2.12. The lowest BCUT2D eigenvalue weighted by Crippen LogP contribution is -2.43. The first-order valence-electron chi connectivity index (χ1n) is 8.96. The van der Waals surface area contributed by atoms with Gasteiger partial charge in [-0.2, -0.15) is 0 Å². The fraction of sp³-hybridized carbons (Fsp3) is 0.632. The Kier molecular flexibility index (Phi) is 5.87. The molecule has 0 saturated carbocycles. The second-order valence-electron chi connectivity index (χ2n) is 7.26. The predicted octanol–water partition coefficient (Wildman–Crippen LogP) is 3.29. The van der Waals surface area contributed by atoms with Gasteiger partial charge >= 0.3 is 0 Å². The van der Waals surface area contributed by atoms with Gasteiger partial charge in [-0.05, 0) is 51.9 Å². The molecule has 1 aromatic rings. The molecule has 0 aromatic heterocycles. The quantitative estimate of drug-likeness (QED) is 0.820. The summed E-state index contributed by atoms with van der Waals surface area (Å²) in [5.74, 6) is 1.32. The lowest BCUT2D eigenvalue weighted by Gasteiger charge is -2.34. The SMILES string of the molecule is CC(C)N(C)C(=O)C1CCN(Cc2cc(Cl)cc3c2OCOC3)CC1. The molecule has 2 heterocycles. The summed E-state index contributed by atoms with van der Waals surface area (Å²) in [5, 5.41) is 0.714. The fourth-order valence-electron chi connectivity index (χ4n) is 3.50.